The summed E-state index contributed by atoms with van der Waals surface area (Å²) in [4.78, 5) is 22.3. The van der Waals surface area contributed by atoms with Gasteiger partial charge in [0.25, 0.3) is 5.69 Å². The summed E-state index contributed by atoms with van der Waals surface area (Å²) in [5.41, 5.74) is 2.59. The van der Waals surface area contributed by atoms with Crippen LogP contribution in [0.25, 0.3) is 0 Å². The molecule has 0 fully saturated rings. The van der Waals surface area contributed by atoms with Crippen molar-refractivity contribution in [1.29, 1.82) is 0 Å². The molecule has 1 atom stereocenters. The molecule has 2 N–H and O–H groups in total. The lowest BCUT2D eigenvalue weighted by molar-refractivity contribution is -0.384. The van der Waals surface area contributed by atoms with Crippen LogP contribution in [-0.4, -0.2) is 16.9 Å². The average molecular weight is 313 g/mol. The fourth-order valence-corrected chi connectivity index (χ4v) is 2.11. The number of aryl methyl sites for hydroxylation is 1. The normalized spacial score (nSPS) is 11.6. The Morgan fingerprint density at radius 1 is 1.17 bits per heavy atom. The summed E-state index contributed by atoms with van der Waals surface area (Å²) in [6.45, 7) is 3.84. The topological polar surface area (TPSA) is 84.3 Å². The van der Waals surface area contributed by atoms with E-state index >= 15 is 0 Å². The number of nitrogens with one attached hydrogen (secondary N) is 2. The number of carbonyl (C=O) groups is 1. The Kier molecular flexibility index (Phi) is 5.30. The molecule has 0 bridgehead atoms. The van der Waals surface area contributed by atoms with Crippen LogP contribution < -0.4 is 10.6 Å². The molecule has 0 aromatic heterocycles. The van der Waals surface area contributed by atoms with E-state index in [4.69, 9.17) is 0 Å². The van der Waals surface area contributed by atoms with Crippen LogP contribution >= 0.6 is 0 Å². The molecular formula is C17H19N3O3. The first-order valence-electron chi connectivity index (χ1n) is 7.40. The third-order valence-electron chi connectivity index (χ3n) is 3.46. The van der Waals surface area contributed by atoms with E-state index < -0.39 is 11.0 Å². The van der Waals surface area contributed by atoms with Crippen LogP contribution in [0.3, 0.4) is 0 Å². The van der Waals surface area contributed by atoms with Crippen molar-refractivity contribution in [2.45, 2.75) is 26.3 Å². The Morgan fingerprint density at radius 2 is 1.87 bits per heavy atom. The summed E-state index contributed by atoms with van der Waals surface area (Å²) < 4.78 is 0. The second-order valence-electron chi connectivity index (χ2n) is 5.21. The highest BCUT2D eigenvalue weighted by atomic mass is 16.6. The van der Waals surface area contributed by atoms with Crippen molar-refractivity contribution in [3.8, 4) is 0 Å². The van der Waals surface area contributed by atoms with Crippen LogP contribution in [-0.2, 0) is 11.2 Å². The first kappa shape index (κ1) is 16.5. The molecule has 0 radical (unpaired) electrons. The lowest BCUT2D eigenvalue weighted by Gasteiger charge is -2.16. The maximum Gasteiger partial charge on any atom is 0.269 e. The predicted octanol–water partition coefficient (Wildman–Crippen LogP) is 3.60. The maximum atomic E-state index is 12.2. The van der Waals surface area contributed by atoms with Crippen molar-refractivity contribution < 1.29 is 9.72 Å². The average Bonchev–Trinajstić information content (AvgIpc) is 2.55. The molecule has 0 saturated carbocycles. The van der Waals surface area contributed by atoms with Gasteiger partial charge in [-0.05, 0) is 43.2 Å². The number of rotatable bonds is 6. The van der Waals surface area contributed by atoms with E-state index in [0.29, 0.717) is 5.69 Å². The molecule has 0 aliphatic rings. The highest BCUT2D eigenvalue weighted by Gasteiger charge is 2.13. The summed E-state index contributed by atoms with van der Waals surface area (Å²) in [5.74, 6) is -0.208. The lowest BCUT2D eigenvalue weighted by atomic mass is 10.1. The Balaban J connectivity index is 1.97. The van der Waals surface area contributed by atoms with Gasteiger partial charge in [-0.25, -0.2) is 0 Å². The SMILES string of the molecule is CCc1cccc(NC(C)C(=O)Nc2ccc([N+](=O)[O-])cc2)c1. The van der Waals surface area contributed by atoms with E-state index in [1.54, 1.807) is 6.92 Å². The Hall–Kier alpha value is -2.89. The number of hydrogen-bond donors (Lipinski definition) is 2. The molecule has 23 heavy (non-hydrogen) atoms. The van der Waals surface area contributed by atoms with Gasteiger partial charge >= 0.3 is 0 Å². The number of anilines is 2. The van der Waals surface area contributed by atoms with Gasteiger partial charge in [0.15, 0.2) is 0 Å². The first-order valence-corrected chi connectivity index (χ1v) is 7.40. The van der Waals surface area contributed by atoms with Crippen molar-refractivity contribution >= 4 is 23.0 Å². The number of nitrogens with zero attached hydrogens (tertiary/aromatic N) is 1. The van der Waals surface area contributed by atoms with Gasteiger partial charge < -0.3 is 10.6 Å². The van der Waals surface area contributed by atoms with Gasteiger partial charge in [-0.1, -0.05) is 19.1 Å². The monoisotopic (exact) mass is 313 g/mol. The van der Waals surface area contributed by atoms with Crippen molar-refractivity contribution in [1.82, 2.24) is 0 Å². The standard InChI is InChI=1S/C17H19N3O3/c1-3-13-5-4-6-15(11-13)18-12(2)17(21)19-14-7-9-16(10-8-14)20(22)23/h4-12,18H,3H2,1-2H3,(H,19,21). The van der Waals surface area contributed by atoms with Crippen molar-refractivity contribution in [3.63, 3.8) is 0 Å². The van der Waals surface area contributed by atoms with Crippen LogP contribution in [0.5, 0.6) is 0 Å². The molecule has 0 heterocycles. The third-order valence-corrected chi connectivity index (χ3v) is 3.46. The summed E-state index contributed by atoms with van der Waals surface area (Å²) >= 11 is 0. The molecule has 0 aliphatic carbocycles. The van der Waals surface area contributed by atoms with Crippen LogP contribution in [0.2, 0.25) is 0 Å². The zero-order valence-corrected chi connectivity index (χ0v) is 13.1. The smallest absolute Gasteiger partial charge is 0.269 e. The molecule has 2 aromatic rings. The lowest BCUT2D eigenvalue weighted by Crippen LogP contribution is -2.31. The minimum Gasteiger partial charge on any atom is -0.374 e. The van der Waals surface area contributed by atoms with Crippen LogP contribution in [0.15, 0.2) is 48.5 Å². The van der Waals surface area contributed by atoms with E-state index in [9.17, 15) is 14.9 Å². The van der Waals surface area contributed by atoms with Crippen LogP contribution in [0.1, 0.15) is 19.4 Å². The number of amides is 1. The summed E-state index contributed by atoms with van der Waals surface area (Å²) in [7, 11) is 0. The van der Waals surface area contributed by atoms with Crippen molar-refractivity contribution in [2.24, 2.45) is 0 Å². The van der Waals surface area contributed by atoms with Crippen LogP contribution in [0.4, 0.5) is 17.1 Å². The molecule has 120 valence electrons. The molecule has 6 heteroatoms. The second-order valence-corrected chi connectivity index (χ2v) is 5.21. The Bertz CT molecular complexity index is 698. The van der Waals surface area contributed by atoms with Gasteiger partial charge in [0.2, 0.25) is 5.91 Å². The summed E-state index contributed by atoms with van der Waals surface area (Å²) in [5, 5.41) is 16.5. The van der Waals surface area contributed by atoms with Crippen molar-refractivity contribution in [2.75, 3.05) is 10.6 Å². The zero-order chi connectivity index (χ0) is 16.8. The molecule has 0 aliphatic heterocycles. The molecule has 6 nitrogen and oxygen atoms in total. The highest BCUT2D eigenvalue weighted by molar-refractivity contribution is 5.96. The number of carbonyl (C=O) groups excluding carboxylic acids is 1. The fraction of sp³-hybridized carbons (Fsp3) is 0.235. The molecule has 1 unspecified atom stereocenters. The van der Waals surface area contributed by atoms with Crippen LogP contribution in [0, 0.1) is 10.1 Å². The van der Waals surface area contributed by atoms with Gasteiger partial charge in [-0.2, -0.15) is 0 Å². The van der Waals surface area contributed by atoms with E-state index in [1.807, 2.05) is 24.3 Å². The van der Waals surface area contributed by atoms with E-state index in [2.05, 4.69) is 17.6 Å². The van der Waals surface area contributed by atoms with Crippen molar-refractivity contribution in [3.05, 3.63) is 64.2 Å². The van der Waals surface area contributed by atoms with E-state index in [-0.39, 0.29) is 11.6 Å². The Labute approximate surface area is 134 Å². The van der Waals surface area contributed by atoms with Gasteiger partial charge in [-0.3, -0.25) is 14.9 Å². The fourth-order valence-electron chi connectivity index (χ4n) is 2.11. The minimum absolute atomic E-state index is 0.00875. The summed E-state index contributed by atoms with van der Waals surface area (Å²) in [6, 6.07) is 13.2. The molecule has 2 aromatic carbocycles. The number of benzene rings is 2. The van der Waals surface area contributed by atoms with E-state index in [1.165, 1.54) is 29.8 Å². The number of non-ortho nitro benzene ring substituents is 1. The zero-order valence-electron chi connectivity index (χ0n) is 13.1. The largest absolute Gasteiger partial charge is 0.374 e. The van der Waals surface area contributed by atoms with Gasteiger partial charge in [0.05, 0.1) is 4.92 Å². The number of hydrogen-bond acceptors (Lipinski definition) is 4. The van der Waals surface area contributed by atoms with E-state index in [0.717, 1.165) is 12.1 Å². The van der Waals surface area contributed by atoms with Gasteiger partial charge in [0.1, 0.15) is 6.04 Å². The van der Waals surface area contributed by atoms with Gasteiger partial charge in [-0.15, -0.1) is 0 Å². The maximum absolute atomic E-state index is 12.2. The highest BCUT2D eigenvalue weighted by Crippen LogP contribution is 2.16. The van der Waals surface area contributed by atoms with Gasteiger partial charge in [0, 0.05) is 23.5 Å². The molecular weight excluding hydrogens is 294 g/mol. The Morgan fingerprint density at radius 3 is 2.48 bits per heavy atom. The second kappa shape index (κ2) is 7.40. The minimum atomic E-state index is -0.476. The summed E-state index contributed by atoms with van der Waals surface area (Å²) in [6.07, 6.45) is 0.929. The number of nitro groups is 1. The molecule has 0 saturated heterocycles. The predicted molar refractivity (Wildman–Crippen MR) is 90.6 cm³/mol. The first-order chi connectivity index (χ1) is 11.0. The molecule has 2 rings (SSSR count). The third kappa shape index (κ3) is 4.54. The number of nitro benzene ring substituents is 1. The quantitative estimate of drug-likeness (QED) is 0.630. The molecule has 0 spiro atoms. The molecule has 1 amide bonds.